The van der Waals surface area contributed by atoms with Crippen LogP contribution in [0.1, 0.15) is 0 Å². The fraction of sp³-hybridized carbons (Fsp3) is 0.364. The van der Waals surface area contributed by atoms with Crippen molar-refractivity contribution in [1.29, 1.82) is 0 Å². The quantitative estimate of drug-likeness (QED) is 0.846. The molecule has 0 saturated carbocycles. The first kappa shape index (κ1) is 10.9. The Morgan fingerprint density at radius 2 is 2.25 bits per heavy atom. The average Bonchev–Trinajstić information content (AvgIpc) is 2.58. The topological polar surface area (TPSA) is 47.1 Å². The van der Waals surface area contributed by atoms with Gasteiger partial charge >= 0.3 is 0 Å². The summed E-state index contributed by atoms with van der Waals surface area (Å²) in [7, 11) is 3.64. The highest BCUT2D eigenvalue weighted by Crippen LogP contribution is 2.26. The van der Waals surface area contributed by atoms with E-state index in [2.05, 4.69) is 5.10 Å². The predicted molar refractivity (Wildman–Crippen MR) is 63.0 cm³/mol. The van der Waals surface area contributed by atoms with Crippen LogP contribution in [-0.2, 0) is 7.05 Å². The second kappa shape index (κ2) is 4.09. The minimum absolute atomic E-state index is 0.250. The third kappa shape index (κ3) is 1.63. The van der Waals surface area contributed by atoms with Crippen LogP contribution < -0.4 is 10.6 Å². The monoisotopic (exact) mass is 222 g/mol. The molecule has 0 unspecified atom stereocenters. The second-order valence-corrected chi connectivity index (χ2v) is 3.79. The van der Waals surface area contributed by atoms with Crippen LogP contribution in [-0.4, -0.2) is 29.9 Å². The van der Waals surface area contributed by atoms with Gasteiger partial charge in [0, 0.05) is 32.6 Å². The minimum Gasteiger partial charge on any atom is -0.356 e. The van der Waals surface area contributed by atoms with Gasteiger partial charge in [0.1, 0.15) is 11.3 Å². The van der Waals surface area contributed by atoms with Crippen LogP contribution in [0.25, 0.3) is 10.9 Å². The molecule has 0 amide bonds. The lowest BCUT2D eigenvalue weighted by Gasteiger charge is -2.14. The molecule has 5 heteroatoms. The summed E-state index contributed by atoms with van der Waals surface area (Å²) < 4.78 is 15.2. The number of anilines is 1. The number of aromatic nitrogens is 2. The highest BCUT2D eigenvalue weighted by molar-refractivity contribution is 5.90. The van der Waals surface area contributed by atoms with Gasteiger partial charge in [0.05, 0.1) is 0 Å². The maximum absolute atomic E-state index is 13.6. The van der Waals surface area contributed by atoms with Crippen molar-refractivity contribution in [3.63, 3.8) is 0 Å². The Hall–Kier alpha value is -1.62. The standard InChI is InChI=1S/C11H15FN4/c1-15(7-6-13)11-8-4-3-5-9(12)10(8)16(2)14-11/h3-5H,6-7,13H2,1-2H3. The predicted octanol–water partition coefficient (Wildman–Crippen LogP) is 1.11. The highest BCUT2D eigenvalue weighted by atomic mass is 19.1. The fourth-order valence-electron chi connectivity index (χ4n) is 1.85. The van der Waals surface area contributed by atoms with Crippen LogP contribution in [0.3, 0.4) is 0 Å². The molecule has 0 aliphatic rings. The minimum atomic E-state index is -0.250. The SMILES string of the molecule is CN(CCN)c1nn(C)c2c(F)cccc12. The molecule has 2 rings (SSSR count). The van der Waals surface area contributed by atoms with Gasteiger partial charge in [0.2, 0.25) is 0 Å². The molecule has 16 heavy (non-hydrogen) atoms. The number of aryl methyl sites for hydroxylation is 1. The first-order chi connectivity index (χ1) is 7.65. The zero-order chi connectivity index (χ0) is 11.7. The van der Waals surface area contributed by atoms with Crippen molar-refractivity contribution in [3.05, 3.63) is 24.0 Å². The van der Waals surface area contributed by atoms with Crippen molar-refractivity contribution in [2.45, 2.75) is 0 Å². The van der Waals surface area contributed by atoms with E-state index in [1.807, 2.05) is 18.0 Å². The van der Waals surface area contributed by atoms with E-state index < -0.39 is 0 Å². The molecule has 86 valence electrons. The molecule has 0 spiro atoms. The summed E-state index contributed by atoms with van der Waals surface area (Å²) in [6.07, 6.45) is 0. The van der Waals surface area contributed by atoms with Gasteiger partial charge in [-0.1, -0.05) is 6.07 Å². The van der Waals surface area contributed by atoms with E-state index in [4.69, 9.17) is 5.73 Å². The van der Waals surface area contributed by atoms with E-state index in [-0.39, 0.29) is 5.82 Å². The van der Waals surface area contributed by atoms with Crippen molar-refractivity contribution >= 4 is 16.7 Å². The molecular formula is C11H15FN4. The lowest BCUT2D eigenvalue weighted by Crippen LogP contribution is -2.25. The first-order valence-electron chi connectivity index (χ1n) is 5.17. The third-order valence-electron chi connectivity index (χ3n) is 2.62. The van der Waals surface area contributed by atoms with Gasteiger partial charge in [-0.3, -0.25) is 4.68 Å². The first-order valence-corrected chi connectivity index (χ1v) is 5.17. The van der Waals surface area contributed by atoms with E-state index in [9.17, 15) is 4.39 Å². The van der Waals surface area contributed by atoms with Crippen LogP contribution in [0.15, 0.2) is 18.2 Å². The van der Waals surface area contributed by atoms with E-state index in [1.54, 1.807) is 17.8 Å². The number of hydrogen-bond donors (Lipinski definition) is 1. The van der Waals surface area contributed by atoms with Crippen molar-refractivity contribution < 1.29 is 4.39 Å². The van der Waals surface area contributed by atoms with Crippen LogP contribution in [0.5, 0.6) is 0 Å². The summed E-state index contributed by atoms with van der Waals surface area (Å²) in [4.78, 5) is 1.93. The molecule has 4 nitrogen and oxygen atoms in total. The maximum atomic E-state index is 13.6. The third-order valence-corrected chi connectivity index (χ3v) is 2.62. The summed E-state index contributed by atoms with van der Waals surface area (Å²) >= 11 is 0. The van der Waals surface area contributed by atoms with E-state index in [0.717, 1.165) is 11.2 Å². The van der Waals surface area contributed by atoms with E-state index >= 15 is 0 Å². The summed E-state index contributed by atoms with van der Waals surface area (Å²) in [5.74, 6) is 0.516. The summed E-state index contributed by atoms with van der Waals surface area (Å²) in [5.41, 5.74) is 6.03. The lowest BCUT2D eigenvalue weighted by molar-refractivity contribution is 0.625. The largest absolute Gasteiger partial charge is 0.356 e. The molecule has 2 aromatic rings. The number of nitrogens with zero attached hydrogens (tertiary/aromatic N) is 3. The van der Waals surface area contributed by atoms with Gasteiger partial charge in [0.15, 0.2) is 5.82 Å². The average molecular weight is 222 g/mol. The number of para-hydroxylation sites is 1. The molecule has 0 aliphatic heterocycles. The van der Waals surface area contributed by atoms with Crippen molar-refractivity contribution in [1.82, 2.24) is 9.78 Å². The highest BCUT2D eigenvalue weighted by Gasteiger charge is 2.14. The van der Waals surface area contributed by atoms with Gasteiger partial charge in [-0.25, -0.2) is 4.39 Å². The molecule has 1 heterocycles. The second-order valence-electron chi connectivity index (χ2n) is 3.79. The molecule has 0 fully saturated rings. The number of nitrogens with two attached hydrogens (primary N) is 1. The Morgan fingerprint density at radius 1 is 1.50 bits per heavy atom. The van der Waals surface area contributed by atoms with Crippen molar-refractivity contribution in [3.8, 4) is 0 Å². The summed E-state index contributed by atoms with van der Waals surface area (Å²) in [5, 5.41) is 5.13. The lowest BCUT2D eigenvalue weighted by atomic mass is 10.2. The van der Waals surface area contributed by atoms with Crippen molar-refractivity contribution in [2.24, 2.45) is 12.8 Å². The number of rotatable bonds is 3. The van der Waals surface area contributed by atoms with Crippen LogP contribution >= 0.6 is 0 Å². The van der Waals surface area contributed by atoms with Gasteiger partial charge in [-0.2, -0.15) is 5.10 Å². The molecule has 0 bridgehead atoms. The molecule has 1 aromatic carbocycles. The number of benzene rings is 1. The van der Waals surface area contributed by atoms with Crippen LogP contribution in [0.4, 0.5) is 10.2 Å². The molecule has 0 radical (unpaired) electrons. The molecule has 2 N–H and O–H groups in total. The molecule has 0 saturated heterocycles. The number of hydrogen-bond acceptors (Lipinski definition) is 3. The number of halogens is 1. The molecule has 0 aliphatic carbocycles. The number of likely N-dealkylation sites (N-methyl/N-ethyl adjacent to an activating group) is 1. The fourth-order valence-corrected chi connectivity index (χ4v) is 1.85. The number of fused-ring (bicyclic) bond motifs is 1. The molecule has 1 aromatic heterocycles. The van der Waals surface area contributed by atoms with Crippen LogP contribution in [0, 0.1) is 5.82 Å². The van der Waals surface area contributed by atoms with E-state index in [0.29, 0.717) is 18.6 Å². The van der Waals surface area contributed by atoms with Gasteiger partial charge < -0.3 is 10.6 Å². The van der Waals surface area contributed by atoms with Crippen LogP contribution in [0.2, 0.25) is 0 Å². The van der Waals surface area contributed by atoms with Gasteiger partial charge in [0.25, 0.3) is 0 Å². The van der Waals surface area contributed by atoms with E-state index in [1.165, 1.54) is 6.07 Å². The summed E-state index contributed by atoms with van der Waals surface area (Å²) in [6, 6.07) is 5.00. The Balaban J connectivity index is 2.59. The Labute approximate surface area is 93.4 Å². The Bertz CT molecular complexity index is 506. The molecule has 0 atom stereocenters. The maximum Gasteiger partial charge on any atom is 0.158 e. The summed E-state index contributed by atoms with van der Waals surface area (Å²) in [6.45, 7) is 1.24. The molecular weight excluding hydrogens is 207 g/mol. The zero-order valence-electron chi connectivity index (χ0n) is 9.44. The van der Waals surface area contributed by atoms with Crippen molar-refractivity contribution in [2.75, 3.05) is 25.0 Å². The smallest absolute Gasteiger partial charge is 0.158 e. The Morgan fingerprint density at radius 3 is 2.94 bits per heavy atom. The Kier molecular flexibility index (Phi) is 2.78. The normalized spacial score (nSPS) is 11.0. The van der Waals surface area contributed by atoms with Gasteiger partial charge in [-0.15, -0.1) is 0 Å². The zero-order valence-corrected chi connectivity index (χ0v) is 9.44. The van der Waals surface area contributed by atoms with Gasteiger partial charge in [-0.05, 0) is 12.1 Å².